The highest BCUT2D eigenvalue weighted by Gasteiger charge is 2.25. The monoisotopic (exact) mass is 441 g/mol. The molecule has 33 heavy (non-hydrogen) atoms. The van der Waals surface area contributed by atoms with Gasteiger partial charge in [0.05, 0.1) is 25.4 Å². The van der Waals surface area contributed by atoms with Crippen molar-refractivity contribution < 1.29 is 14.3 Å². The first kappa shape index (κ1) is 20.7. The number of benzene rings is 2. The number of aromatic nitrogens is 3. The Morgan fingerprint density at radius 1 is 1.03 bits per heavy atom. The highest BCUT2D eigenvalue weighted by molar-refractivity contribution is 5.98. The van der Waals surface area contributed by atoms with Crippen molar-refractivity contribution >= 4 is 34.0 Å². The molecule has 2 aromatic heterocycles. The van der Waals surface area contributed by atoms with Gasteiger partial charge in [0.2, 0.25) is 5.91 Å². The van der Waals surface area contributed by atoms with Crippen LogP contribution in [0.5, 0.6) is 11.5 Å². The van der Waals surface area contributed by atoms with Gasteiger partial charge < -0.3 is 19.7 Å². The molecule has 3 heterocycles. The van der Waals surface area contributed by atoms with Crippen LogP contribution in [0.25, 0.3) is 22.3 Å². The maximum Gasteiger partial charge on any atom is 0.227 e. The molecule has 0 saturated heterocycles. The number of fused-ring (bicyclic) bond motifs is 2. The highest BCUT2D eigenvalue weighted by atomic mass is 16.5. The minimum absolute atomic E-state index is 0.0813. The molecule has 1 aliphatic rings. The largest absolute Gasteiger partial charge is 0.497 e. The van der Waals surface area contributed by atoms with E-state index in [1.807, 2.05) is 42.5 Å². The third-order valence-electron chi connectivity index (χ3n) is 5.82. The lowest BCUT2D eigenvalue weighted by molar-refractivity contribution is -0.118. The van der Waals surface area contributed by atoms with E-state index in [1.54, 1.807) is 38.6 Å². The Bertz CT molecular complexity index is 1360. The molecule has 0 radical (unpaired) electrons. The predicted octanol–water partition coefficient (Wildman–Crippen LogP) is 4.36. The Hall–Kier alpha value is -4.20. The van der Waals surface area contributed by atoms with Crippen LogP contribution in [-0.4, -0.2) is 42.1 Å². The molecule has 5 rings (SSSR count). The molecule has 8 heteroatoms. The minimum Gasteiger partial charge on any atom is -0.497 e. The van der Waals surface area contributed by atoms with Gasteiger partial charge in [-0.15, -0.1) is 0 Å². The molecule has 4 aromatic rings. The van der Waals surface area contributed by atoms with Gasteiger partial charge in [-0.3, -0.25) is 9.78 Å². The van der Waals surface area contributed by atoms with Crippen LogP contribution >= 0.6 is 0 Å². The highest BCUT2D eigenvalue weighted by Crippen LogP contribution is 2.39. The van der Waals surface area contributed by atoms with E-state index in [0.717, 1.165) is 39.2 Å². The number of nitrogens with zero attached hydrogens (tertiary/aromatic N) is 4. The molecule has 1 aliphatic heterocycles. The fourth-order valence-corrected chi connectivity index (χ4v) is 4.06. The van der Waals surface area contributed by atoms with Gasteiger partial charge in [-0.05, 0) is 42.8 Å². The number of anilines is 3. The maximum atomic E-state index is 12.3. The van der Waals surface area contributed by atoms with Crippen LogP contribution in [0.1, 0.15) is 12.0 Å². The van der Waals surface area contributed by atoms with Crippen molar-refractivity contribution in [3.8, 4) is 22.9 Å². The Morgan fingerprint density at radius 2 is 1.91 bits per heavy atom. The number of ether oxygens (including phenoxy) is 2. The summed E-state index contributed by atoms with van der Waals surface area (Å²) >= 11 is 0. The molecule has 2 aromatic carbocycles. The summed E-state index contributed by atoms with van der Waals surface area (Å²) in [7, 11) is 5.05. The fraction of sp³-hybridized carbons (Fsp3) is 0.200. The van der Waals surface area contributed by atoms with E-state index in [0.29, 0.717) is 30.2 Å². The zero-order valence-corrected chi connectivity index (χ0v) is 18.6. The van der Waals surface area contributed by atoms with E-state index in [9.17, 15) is 4.79 Å². The smallest absolute Gasteiger partial charge is 0.227 e. The molecule has 0 fully saturated rings. The van der Waals surface area contributed by atoms with Crippen LogP contribution in [0.3, 0.4) is 0 Å². The van der Waals surface area contributed by atoms with Crippen LogP contribution in [0, 0.1) is 0 Å². The second-order valence-electron chi connectivity index (χ2n) is 7.77. The molecule has 8 nitrogen and oxygen atoms in total. The lowest BCUT2D eigenvalue weighted by atomic mass is 9.99. The van der Waals surface area contributed by atoms with Gasteiger partial charge >= 0.3 is 0 Å². The number of nitrogens with one attached hydrogen (secondary N) is 1. The molecular formula is C25H23N5O3. The summed E-state index contributed by atoms with van der Waals surface area (Å²) in [5.74, 6) is 2.69. The van der Waals surface area contributed by atoms with Gasteiger partial charge in [-0.2, -0.15) is 0 Å². The molecule has 1 N–H and O–H groups in total. The van der Waals surface area contributed by atoms with E-state index in [4.69, 9.17) is 19.4 Å². The quantitative estimate of drug-likeness (QED) is 0.492. The predicted molar refractivity (Wildman–Crippen MR) is 127 cm³/mol. The van der Waals surface area contributed by atoms with Crippen molar-refractivity contribution in [1.29, 1.82) is 0 Å². The molecule has 1 amide bonds. The second-order valence-corrected chi connectivity index (χ2v) is 7.77. The first-order valence-electron chi connectivity index (χ1n) is 10.6. The summed E-state index contributed by atoms with van der Waals surface area (Å²) < 4.78 is 11.1. The average molecular weight is 441 g/mol. The zero-order chi connectivity index (χ0) is 22.9. The number of amides is 1. The van der Waals surface area contributed by atoms with Crippen molar-refractivity contribution in [2.24, 2.45) is 0 Å². The van der Waals surface area contributed by atoms with E-state index in [1.165, 1.54) is 0 Å². The first-order valence-corrected chi connectivity index (χ1v) is 10.6. The minimum atomic E-state index is 0.0813. The summed E-state index contributed by atoms with van der Waals surface area (Å²) in [6, 6.07) is 13.3. The van der Waals surface area contributed by atoms with E-state index < -0.39 is 0 Å². The number of hydrogen-bond donors (Lipinski definition) is 1. The van der Waals surface area contributed by atoms with Crippen molar-refractivity contribution in [3.63, 3.8) is 0 Å². The fourth-order valence-electron chi connectivity index (χ4n) is 4.06. The number of pyridine rings is 1. The van der Waals surface area contributed by atoms with Crippen molar-refractivity contribution in [2.75, 3.05) is 31.5 Å². The summed E-state index contributed by atoms with van der Waals surface area (Å²) in [6.45, 7) is 0. The van der Waals surface area contributed by atoms with Gasteiger partial charge in [-0.1, -0.05) is 0 Å². The van der Waals surface area contributed by atoms with Gasteiger partial charge in [0, 0.05) is 54.1 Å². The molecule has 0 bridgehead atoms. The number of carbonyl (C=O) groups excluding carboxylic acids is 1. The number of carbonyl (C=O) groups is 1. The zero-order valence-electron chi connectivity index (χ0n) is 18.6. The average Bonchev–Trinajstić information content (AvgIpc) is 2.86. The number of methoxy groups -OCH3 is 2. The van der Waals surface area contributed by atoms with Crippen molar-refractivity contribution in [3.05, 3.63) is 60.4 Å². The standard InChI is InChI=1S/C25H23N5O3/c1-30-21-11-16(12-22(33-3)18(21)7-9-23(30)31)27-25-19-13-17(32-2)6-8-20(19)28-24(29-25)15-5-4-10-26-14-15/h4-6,8,10-14H,7,9H2,1-3H3,(H,27,28,29). The summed E-state index contributed by atoms with van der Waals surface area (Å²) in [4.78, 5) is 27.7. The Kier molecular flexibility index (Phi) is 5.26. The molecule has 0 unspecified atom stereocenters. The van der Waals surface area contributed by atoms with Crippen LogP contribution < -0.4 is 19.7 Å². The topological polar surface area (TPSA) is 89.5 Å². The Labute approximate surface area is 191 Å². The third kappa shape index (κ3) is 3.80. The lowest BCUT2D eigenvalue weighted by Crippen LogP contribution is -2.31. The lowest BCUT2D eigenvalue weighted by Gasteiger charge is -2.28. The van der Waals surface area contributed by atoms with Crippen molar-refractivity contribution in [1.82, 2.24) is 15.0 Å². The first-order chi connectivity index (χ1) is 16.1. The molecule has 0 aliphatic carbocycles. The summed E-state index contributed by atoms with van der Waals surface area (Å²) in [5, 5.41) is 4.23. The molecule has 0 saturated carbocycles. The van der Waals surface area contributed by atoms with Crippen LogP contribution in [0.2, 0.25) is 0 Å². The second kappa shape index (κ2) is 8.38. The number of hydrogen-bond acceptors (Lipinski definition) is 7. The van der Waals surface area contributed by atoms with Gasteiger partial charge in [0.25, 0.3) is 0 Å². The number of rotatable bonds is 5. The van der Waals surface area contributed by atoms with E-state index in [2.05, 4.69) is 10.3 Å². The van der Waals surface area contributed by atoms with Crippen molar-refractivity contribution in [2.45, 2.75) is 12.8 Å². The van der Waals surface area contributed by atoms with Crippen LogP contribution in [0.4, 0.5) is 17.2 Å². The molecule has 0 spiro atoms. The molecule has 0 atom stereocenters. The van der Waals surface area contributed by atoms with Gasteiger partial charge in [0.15, 0.2) is 5.82 Å². The van der Waals surface area contributed by atoms with E-state index >= 15 is 0 Å². The van der Waals surface area contributed by atoms with E-state index in [-0.39, 0.29) is 5.91 Å². The van der Waals surface area contributed by atoms with Crippen LogP contribution in [-0.2, 0) is 11.2 Å². The Balaban J connectivity index is 1.66. The van der Waals surface area contributed by atoms with Gasteiger partial charge in [-0.25, -0.2) is 9.97 Å². The summed E-state index contributed by atoms with van der Waals surface area (Å²) in [6.07, 6.45) is 4.57. The maximum absolute atomic E-state index is 12.3. The SMILES string of the molecule is COc1ccc2nc(-c3cccnc3)nc(Nc3cc(OC)c4c(c3)N(C)C(=O)CC4)c2c1. The summed E-state index contributed by atoms with van der Waals surface area (Å²) in [5.41, 5.74) is 4.19. The Morgan fingerprint density at radius 3 is 2.67 bits per heavy atom. The third-order valence-corrected chi connectivity index (χ3v) is 5.82. The van der Waals surface area contributed by atoms with Gasteiger partial charge in [0.1, 0.15) is 17.3 Å². The molecular weight excluding hydrogens is 418 g/mol. The van der Waals surface area contributed by atoms with Crippen LogP contribution in [0.15, 0.2) is 54.9 Å². The normalized spacial score (nSPS) is 13.1. The molecule has 166 valence electrons.